The quantitative estimate of drug-likeness (QED) is 0.804. The fourth-order valence-corrected chi connectivity index (χ4v) is 2.13. The van der Waals surface area contributed by atoms with Crippen LogP contribution in [-0.2, 0) is 6.42 Å². The molecule has 1 aromatic heterocycles. The Kier molecular flexibility index (Phi) is 4.42. The second-order valence-electron chi connectivity index (χ2n) is 5.02. The van der Waals surface area contributed by atoms with Gasteiger partial charge in [-0.15, -0.1) is 0 Å². The molecule has 0 aliphatic carbocycles. The number of nitrogens with zero attached hydrogens (tertiary/aromatic N) is 1. The van der Waals surface area contributed by atoms with Crippen LogP contribution in [0.1, 0.15) is 28.5 Å². The van der Waals surface area contributed by atoms with Crippen molar-refractivity contribution in [2.24, 2.45) is 0 Å². The third-order valence-electron chi connectivity index (χ3n) is 3.24. The number of benzene rings is 1. The van der Waals surface area contributed by atoms with Gasteiger partial charge < -0.3 is 15.5 Å². The van der Waals surface area contributed by atoms with Gasteiger partial charge in [-0.3, -0.25) is 9.78 Å². The Labute approximate surface area is 123 Å². The van der Waals surface area contributed by atoms with Crippen LogP contribution in [0.4, 0.5) is 0 Å². The molecule has 0 saturated carbocycles. The van der Waals surface area contributed by atoms with E-state index in [0.29, 0.717) is 6.42 Å². The fraction of sp³-hybridized carbons (Fsp3) is 0.250. The molecule has 3 N–H and O–H groups in total. The van der Waals surface area contributed by atoms with E-state index < -0.39 is 5.91 Å². The van der Waals surface area contributed by atoms with Crippen molar-refractivity contribution in [2.45, 2.75) is 26.3 Å². The summed E-state index contributed by atoms with van der Waals surface area (Å²) in [6, 6.07) is 7.85. The minimum Gasteiger partial charge on any atom is -0.507 e. The van der Waals surface area contributed by atoms with Crippen molar-refractivity contribution in [3.8, 4) is 11.5 Å². The Hall–Kier alpha value is -2.56. The van der Waals surface area contributed by atoms with Gasteiger partial charge in [0.25, 0.3) is 5.91 Å². The summed E-state index contributed by atoms with van der Waals surface area (Å²) in [4.78, 5) is 16.4. The van der Waals surface area contributed by atoms with Gasteiger partial charge in [0, 0.05) is 24.4 Å². The first-order valence-electron chi connectivity index (χ1n) is 6.71. The molecule has 1 heterocycles. The molecule has 0 unspecified atom stereocenters. The molecule has 0 aliphatic heterocycles. The molecule has 2 aromatic rings. The molecule has 21 heavy (non-hydrogen) atoms. The molecule has 0 aliphatic rings. The average Bonchev–Trinajstić information content (AvgIpc) is 2.41. The molecule has 0 fully saturated rings. The van der Waals surface area contributed by atoms with Crippen molar-refractivity contribution in [2.75, 3.05) is 0 Å². The maximum Gasteiger partial charge on any atom is 0.259 e. The van der Waals surface area contributed by atoms with Gasteiger partial charge in [-0.1, -0.05) is 12.1 Å². The lowest BCUT2D eigenvalue weighted by molar-refractivity contribution is 0.0934. The standard InChI is InChI=1S/C16H18N2O3/c1-10-5-4-8-17-12(10)9-11(2)18-16(21)15-13(19)6-3-7-14(15)20/h3-8,11,19-20H,9H2,1-2H3,(H,18,21)/t11-/m0/s1. The number of aromatic nitrogens is 1. The minimum atomic E-state index is -0.508. The highest BCUT2D eigenvalue weighted by atomic mass is 16.3. The van der Waals surface area contributed by atoms with Crippen molar-refractivity contribution in [1.82, 2.24) is 10.3 Å². The van der Waals surface area contributed by atoms with E-state index in [0.717, 1.165) is 11.3 Å². The fourth-order valence-electron chi connectivity index (χ4n) is 2.13. The first kappa shape index (κ1) is 14.8. The summed E-state index contributed by atoms with van der Waals surface area (Å²) < 4.78 is 0. The van der Waals surface area contributed by atoms with Gasteiger partial charge in [0.1, 0.15) is 17.1 Å². The lowest BCUT2D eigenvalue weighted by Crippen LogP contribution is -2.34. The summed E-state index contributed by atoms with van der Waals surface area (Å²) >= 11 is 0. The van der Waals surface area contributed by atoms with Crippen molar-refractivity contribution in [3.05, 3.63) is 53.3 Å². The number of amides is 1. The first-order chi connectivity index (χ1) is 9.99. The lowest BCUT2D eigenvalue weighted by Gasteiger charge is -2.15. The molecular formula is C16H18N2O3. The maximum atomic E-state index is 12.1. The number of phenols is 2. The van der Waals surface area contributed by atoms with Crippen LogP contribution in [0.5, 0.6) is 11.5 Å². The van der Waals surface area contributed by atoms with E-state index in [1.165, 1.54) is 18.2 Å². The summed E-state index contributed by atoms with van der Waals surface area (Å²) in [7, 11) is 0. The topological polar surface area (TPSA) is 82.5 Å². The molecule has 0 saturated heterocycles. The number of hydrogen-bond acceptors (Lipinski definition) is 4. The van der Waals surface area contributed by atoms with Crippen LogP contribution in [0.25, 0.3) is 0 Å². The summed E-state index contributed by atoms with van der Waals surface area (Å²) in [5.74, 6) is -0.992. The van der Waals surface area contributed by atoms with E-state index in [9.17, 15) is 15.0 Å². The van der Waals surface area contributed by atoms with Gasteiger partial charge >= 0.3 is 0 Å². The Bertz CT molecular complexity index is 635. The molecule has 2 rings (SSSR count). The van der Waals surface area contributed by atoms with E-state index in [4.69, 9.17) is 0 Å². The third kappa shape index (κ3) is 3.51. The number of aryl methyl sites for hydroxylation is 1. The number of pyridine rings is 1. The van der Waals surface area contributed by atoms with Crippen LogP contribution < -0.4 is 5.32 Å². The smallest absolute Gasteiger partial charge is 0.259 e. The van der Waals surface area contributed by atoms with Crippen molar-refractivity contribution >= 4 is 5.91 Å². The Morgan fingerprint density at radius 3 is 2.52 bits per heavy atom. The molecule has 1 aromatic carbocycles. The molecule has 110 valence electrons. The Morgan fingerprint density at radius 2 is 1.90 bits per heavy atom. The molecule has 5 nitrogen and oxygen atoms in total. The van der Waals surface area contributed by atoms with E-state index in [2.05, 4.69) is 10.3 Å². The van der Waals surface area contributed by atoms with Crippen molar-refractivity contribution in [1.29, 1.82) is 0 Å². The van der Waals surface area contributed by atoms with Gasteiger partial charge in [0.2, 0.25) is 0 Å². The SMILES string of the molecule is Cc1cccnc1C[C@H](C)NC(=O)c1c(O)cccc1O. The van der Waals surface area contributed by atoms with Crippen LogP contribution in [-0.4, -0.2) is 27.1 Å². The van der Waals surface area contributed by atoms with Gasteiger partial charge in [0.05, 0.1) is 0 Å². The predicted molar refractivity (Wildman–Crippen MR) is 79.4 cm³/mol. The van der Waals surface area contributed by atoms with Crippen LogP contribution in [0.2, 0.25) is 0 Å². The summed E-state index contributed by atoms with van der Waals surface area (Å²) in [6.45, 7) is 3.81. The highest BCUT2D eigenvalue weighted by molar-refractivity contribution is 5.99. The highest BCUT2D eigenvalue weighted by Gasteiger charge is 2.18. The van der Waals surface area contributed by atoms with Crippen LogP contribution >= 0.6 is 0 Å². The molecule has 0 radical (unpaired) electrons. The number of rotatable bonds is 4. The van der Waals surface area contributed by atoms with Crippen molar-refractivity contribution in [3.63, 3.8) is 0 Å². The number of aromatic hydroxyl groups is 2. The van der Waals surface area contributed by atoms with Gasteiger partial charge in [-0.2, -0.15) is 0 Å². The zero-order valence-electron chi connectivity index (χ0n) is 12.0. The van der Waals surface area contributed by atoms with Crippen LogP contribution in [0, 0.1) is 6.92 Å². The van der Waals surface area contributed by atoms with E-state index in [-0.39, 0.29) is 23.1 Å². The van der Waals surface area contributed by atoms with Gasteiger partial charge in [-0.05, 0) is 37.6 Å². The number of hydrogen-bond donors (Lipinski definition) is 3. The second-order valence-corrected chi connectivity index (χ2v) is 5.02. The van der Waals surface area contributed by atoms with E-state index in [1.54, 1.807) is 6.20 Å². The molecular weight excluding hydrogens is 268 g/mol. The summed E-state index contributed by atoms with van der Waals surface area (Å²) in [5.41, 5.74) is 1.86. The normalized spacial score (nSPS) is 11.9. The molecule has 1 atom stereocenters. The molecule has 0 spiro atoms. The number of carbonyl (C=O) groups is 1. The highest BCUT2D eigenvalue weighted by Crippen LogP contribution is 2.26. The molecule has 0 bridgehead atoms. The summed E-state index contributed by atoms with van der Waals surface area (Å²) in [6.07, 6.45) is 2.29. The zero-order valence-corrected chi connectivity index (χ0v) is 12.0. The van der Waals surface area contributed by atoms with E-state index >= 15 is 0 Å². The number of carbonyl (C=O) groups excluding carboxylic acids is 1. The first-order valence-corrected chi connectivity index (χ1v) is 6.71. The van der Waals surface area contributed by atoms with Crippen molar-refractivity contribution < 1.29 is 15.0 Å². The number of phenolic OH excluding ortho intramolecular Hbond substituents is 2. The minimum absolute atomic E-state index is 0.109. The molecule has 1 amide bonds. The zero-order chi connectivity index (χ0) is 15.4. The van der Waals surface area contributed by atoms with Gasteiger partial charge in [-0.25, -0.2) is 0 Å². The summed E-state index contributed by atoms with van der Waals surface area (Å²) in [5, 5.41) is 22.1. The predicted octanol–water partition coefficient (Wildman–Crippen LogP) is 2.16. The maximum absolute atomic E-state index is 12.1. The van der Waals surface area contributed by atoms with Crippen LogP contribution in [0.15, 0.2) is 36.5 Å². The van der Waals surface area contributed by atoms with E-state index in [1.807, 2.05) is 26.0 Å². The number of nitrogens with one attached hydrogen (secondary N) is 1. The average molecular weight is 286 g/mol. The Morgan fingerprint density at radius 1 is 1.24 bits per heavy atom. The second kappa shape index (κ2) is 6.26. The molecule has 5 heteroatoms. The largest absolute Gasteiger partial charge is 0.507 e. The lowest BCUT2D eigenvalue weighted by atomic mass is 10.1. The Balaban J connectivity index is 2.08. The van der Waals surface area contributed by atoms with Gasteiger partial charge in [0.15, 0.2) is 0 Å². The third-order valence-corrected chi connectivity index (χ3v) is 3.24. The van der Waals surface area contributed by atoms with Crippen LogP contribution in [0.3, 0.4) is 0 Å². The monoisotopic (exact) mass is 286 g/mol.